The minimum absolute atomic E-state index is 0.0378. The van der Waals surface area contributed by atoms with Crippen molar-refractivity contribution in [1.82, 2.24) is 0 Å². The van der Waals surface area contributed by atoms with Crippen LogP contribution in [0.4, 0.5) is 0 Å². The van der Waals surface area contributed by atoms with Gasteiger partial charge in [0.1, 0.15) is 0 Å². The van der Waals surface area contributed by atoms with Gasteiger partial charge >= 0.3 is 5.97 Å². The smallest absolute Gasteiger partial charge is 0.302 e. The molecule has 1 fully saturated rings. The van der Waals surface area contributed by atoms with Crippen molar-refractivity contribution in [2.24, 2.45) is 5.92 Å². The number of ether oxygens (including phenoxy) is 3. The van der Waals surface area contributed by atoms with Crippen molar-refractivity contribution in [3.05, 3.63) is 12.2 Å². The molecule has 1 rings (SSSR count). The molecule has 4 heteroatoms. The molecule has 0 saturated carbocycles. The molecule has 0 aromatic carbocycles. The molecule has 4 nitrogen and oxygen atoms in total. The maximum Gasteiger partial charge on any atom is 0.302 e. The van der Waals surface area contributed by atoms with Crippen LogP contribution in [0.1, 0.15) is 33.1 Å². The molecule has 1 saturated heterocycles. The Bertz CT molecular complexity index is 275. The second kappa shape index (κ2) is 6.77. The van der Waals surface area contributed by atoms with Gasteiger partial charge in [0.2, 0.25) is 0 Å². The normalized spacial score (nSPS) is 26.6. The standard InChI is InChI=1S/C13H22O4/c1-9-8-16-13(15-4)7-12(9)6-5-10(2)17-11(3)14/h10,12-13H,1,5-8H2,2-4H3/t10?,12-,13+/m0/s1. The van der Waals surface area contributed by atoms with Crippen LogP contribution in [0.2, 0.25) is 0 Å². The van der Waals surface area contributed by atoms with E-state index in [-0.39, 0.29) is 18.4 Å². The van der Waals surface area contributed by atoms with Gasteiger partial charge in [0.25, 0.3) is 0 Å². The third kappa shape index (κ3) is 4.88. The summed E-state index contributed by atoms with van der Waals surface area (Å²) >= 11 is 0. The number of hydrogen-bond donors (Lipinski definition) is 0. The summed E-state index contributed by atoms with van der Waals surface area (Å²) in [7, 11) is 1.65. The van der Waals surface area contributed by atoms with Crippen LogP contribution in [-0.4, -0.2) is 32.1 Å². The average Bonchev–Trinajstić information content (AvgIpc) is 2.27. The molecular weight excluding hydrogens is 220 g/mol. The number of carbonyl (C=O) groups is 1. The van der Waals surface area contributed by atoms with Crippen molar-refractivity contribution in [3.63, 3.8) is 0 Å². The summed E-state index contributed by atoms with van der Waals surface area (Å²) in [6.45, 7) is 7.92. The first-order chi connectivity index (χ1) is 8.02. The molecule has 1 unspecified atom stereocenters. The molecule has 0 spiro atoms. The molecule has 0 aromatic rings. The highest BCUT2D eigenvalue weighted by Gasteiger charge is 2.25. The number of methoxy groups -OCH3 is 1. The molecule has 0 N–H and O–H groups in total. The van der Waals surface area contributed by atoms with E-state index >= 15 is 0 Å². The van der Waals surface area contributed by atoms with Crippen LogP contribution in [0.3, 0.4) is 0 Å². The zero-order valence-electron chi connectivity index (χ0n) is 10.9. The molecule has 1 aliphatic heterocycles. The van der Waals surface area contributed by atoms with Crippen LogP contribution >= 0.6 is 0 Å². The van der Waals surface area contributed by atoms with Crippen molar-refractivity contribution < 1.29 is 19.0 Å². The first kappa shape index (κ1) is 14.2. The lowest BCUT2D eigenvalue weighted by Crippen LogP contribution is -2.29. The largest absolute Gasteiger partial charge is 0.463 e. The minimum atomic E-state index is -0.224. The highest BCUT2D eigenvalue weighted by atomic mass is 16.7. The van der Waals surface area contributed by atoms with Crippen molar-refractivity contribution >= 4 is 5.97 Å². The summed E-state index contributed by atoms with van der Waals surface area (Å²) in [5.74, 6) is 0.171. The zero-order valence-corrected chi connectivity index (χ0v) is 10.9. The number of hydrogen-bond acceptors (Lipinski definition) is 4. The quantitative estimate of drug-likeness (QED) is 0.548. The molecule has 1 aliphatic rings. The summed E-state index contributed by atoms with van der Waals surface area (Å²) in [6, 6.07) is 0. The monoisotopic (exact) mass is 242 g/mol. The lowest BCUT2D eigenvalue weighted by atomic mass is 9.89. The van der Waals surface area contributed by atoms with E-state index in [1.54, 1.807) is 7.11 Å². The molecule has 3 atom stereocenters. The Balaban J connectivity index is 2.33. The summed E-state index contributed by atoms with van der Waals surface area (Å²) in [4.78, 5) is 10.8. The Morgan fingerprint density at radius 3 is 2.94 bits per heavy atom. The van der Waals surface area contributed by atoms with E-state index in [1.807, 2.05) is 6.92 Å². The summed E-state index contributed by atoms with van der Waals surface area (Å²) in [5, 5.41) is 0. The maximum absolute atomic E-state index is 10.8. The second-order valence-corrected chi connectivity index (χ2v) is 4.56. The molecule has 0 amide bonds. The zero-order chi connectivity index (χ0) is 12.8. The van der Waals surface area contributed by atoms with Gasteiger partial charge in [-0.25, -0.2) is 0 Å². The fraction of sp³-hybridized carbons (Fsp3) is 0.769. The Hall–Kier alpha value is -0.870. The Morgan fingerprint density at radius 1 is 1.65 bits per heavy atom. The molecule has 0 aliphatic carbocycles. The lowest BCUT2D eigenvalue weighted by molar-refractivity contribution is -0.148. The number of carbonyl (C=O) groups excluding carboxylic acids is 1. The van der Waals surface area contributed by atoms with Gasteiger partial charge in [-0.3, -0.25) is 4.79 Å². The first-order valence-electron chi connectivity index (χ1n) is 6.02. The SMILES string of the molecule is C=C1CO[C@@H](OC)C[C@@H]1CCC(C)OC(C)=O. The van der Waals surface area contributed by atoms with Gasteiger partial charge in [0.15, 0.2) is 6.29 Å². The predicted molar refractivity (Wildman–Crippen MR) is 64.5 cm³/mol. The van der Waals surface area contributed by atoms with Crippen LogP contribution in [0.15, 0.2) is 12.2 Å². The van der Waals surface area contributed by atoms with Crippen molar-refractivity contribution in [2.45, 2.75) is 45.5 Å². The highest BCUT2D eigenvalue weighted by molar-refractivity contribution is 5.66. The van der Waals surface area contributed by atoms with Gasteiger partial charge in [-0.1, -0.05) is 6.58 Å². The van der Waals surface area contributed by atoms with Crippen LogP contribution in [0.5, 0.6) is 0 Å². The fourth-order valence-corrected chi connectivity index (χ4v) is 2.05. The van der Waals surface area contributed by atoms with E-state index in [0.29, 0.717) is 12.5 Å². The van der Waals surface area contributed by atoms with Crippen LogP contribution in [0.25, 0.3) is 0 Å². The summed E-state index contributed by atoms with van der Waals surface area (Å²) in [6.07, 6.45) is 2.47. The predicted octanol–water partition coefficient (Wildman–Crippen LogP) is 2.28. The molecule has 1 heterocycles. The van der Waals surface area contributed by atoms with E-state index in [1.165, 1.54) is 6.92 Å². The Labute approximate surface area is 103 Å². The molecular formula is C13H22O4. The van der Waals surface area contributed by atoms with Gasteiger partial charge in [-0.15, -0.1) is 0 Å². The van der Waals surface area contributed by atoms with Gasteiger partial charge in [0.05, 0.1) is 12.7 Å². The number of rotatable bonds is 5. The molecule has 0 bridgehead atoms. The lowest BCUT2D eigenvalue weighted by Gasteiger charge is -2.31. The maximum atomic E-state index is 10.8. The van der Waals surface area contributed by atoms with Gasteiger partial charge in [0, 0.05) is 20.5 Å². The van der Waals surface area contributed by atoms with Crippen molar-refractivity contribution in [1.29, 1.82) is 0 Å². The molecule has 0 radical (unpaired) electrons. The fourth-order valence-electron chi connectivity index (χ4n) is 2.05. The molecule has 0 aromatic heterocycles. The Morgan fingerprint density at radius 2 is 2.35 bits per heavy atom. The van der Waals surface area contributed by atoms with Crippen LogP contribution < -0.4 is 0 Å². The van der Waals surface area contributed by atoms with Crippen molar-refractivity contribution in [2.75, 3.05) is 13.7 Å². The summed E-state index contributed by atoms with van der Waals surface area (Å²) < 4.78 is 15.7. The van der Waals surface area contributed by atoms with E-state index in [9.17, 15) is 4.79 Å². The second-order valence-electron chi connectivity index (χ2n) is 4.56. The van der Waals surface area contributed by atoms with Gasteiger partial charge in [-0.05, 0) is 31.3 Å². The third-order valence-electron chi connectivity index (χ3n) is 3.06. The molecule has 17 heavy (non-hydrogen) atoms. The van der Waals surface area contributed by atoms with Gasteiger partial charge < -0.3 is 14.2 Å². The average molecular weight is 242 g/mol. The molecule has 98 valence electrons. The van der Waals surface area contributed by atoms with Crippen LogP contribution in [0, 0.1) is 5.92 Å². The first-order valence-corrected chi connectivity index (χ1v) is 6.02. The van der Waals surface area contributed by atoms with E-state index < -0.39 is 0 Å². The minimum Gasteiger partial charge on any atom is -0.463 e. The van der Waals surface area contributed by atoms with E-state index in [0.717, 1.165) is 24.8 Å². The Kier molecular flexibility index (Phi) is 5.65. The third-order valence-corrected chi connectivity index (χ3v) is 3.06. The highest BCUT2D eigenvalue weighted by Crippen LogP contribution is 2.29. The van der Waals surface area contributed by atoms with E-state index in [4.69, 9.17) is 14.2 Å². The summed E-state index contributed by atoms with van der Waals surface area (Å²) in [5.41, 5.74) is 1.10. The van der Waals surface area contributed by atoms with Crippen LogP contribution in [-0.2, 0) is 19.0 Å². The van der Waals surface area contributed by atoms with E-state index in [2.05, 4.69) is 6.58 Å². The van der Waals surface area contributed by atoms with Crippen molar-refractivity contribution in [3.8, 4) is 0 Å². The van der Waals surface area contributed by atoms with Gasteiger partial charge in [-0.2, -0.15) is 0 Å². The topological polar surface area (TPSA) is 44.8 Å². The number of esters is 1.